The summed E-state index contributed by atoms with van der Waals surface area (Å²) in [6.07, 6.45) is 4.36. The quantitative estimate of drug-likeness (QED) is 0.694. The molecule has 1 aromatic rings. The number of pyridine rings is 1. The molecule has 3 N–H and O–H groups in total. The molecular formula is C11H17N3O. The number of ether oxygens (including phenoxy) is 1. The van der Waals surface area contributed by atoms with Crippen LogP contribution in [-0.2, 0) is 4.74 Å². The Labute approximate surface area is 89.8 Å². The fourth-order valence-electron chi connectivity index (χ4n) is 1.36. The molecule has 0 spiro atoms. The van der Waals surface area contributed by atoms with Crippen LogP contribution >= 0.6 is 0 Å². The third-order valence-electron chi connectivity index (χ3n) is 2.45. The number of hydrogen-bond donors (Lipinski definition) is 2. The van der Waals surface area contributed by atoms with Crippen LogP contribution in [0.3, 0.4) is 0 Å². The van der Waals surface area contributed by atoms with Crippen LogP contribution in [0.5, 0.6) is 0 Å². The standard InChI is InChI=1S/C11H17N3O/c12-11-10(2-1-5-14-11)13-6-7-15-8-9-3-4-9/h1-2,5,9,13H,3-4,6-8H2,(H2,12,14). The van der Waals surface area contributed by atoms with Crippen LogP contribution in [-0.4, -0.2) is 24.7 Å². The van der Waals surface area contributed by atoms with Gasteiger partial charge in [0.1, 0.15) is 5.82 Å². The minimum absolute atomic E-state index is 0.541. The molecule has 0 atom stereocenters. The molecule has 4 nitrogen and oxygen atoms in total. The van der Waals surface area contributed by atoms with Crippen molar-refractivity contribution in [2.75, 3.05) is 30.8 Å². The zero-order chi connectivity index (χ0) is 10.5. The van der Waals surface area contributed by atoms with Gasteiger partial charge in [0.2, 0.25) is 0 Å². The van der Waals surface area contributed by atoms with Gasteiger partial charge in [0.25, 0.3) is 0 Å². The van der Waals surface area contributed by atoms with Crippen molar-refractivity contribution in [1.29, 1.82) is 0 Å². The lowest BCUT2D eigenvalue weighted by Crippen LogP contribution is -2.12. The predicted molar refractivity (Wildman–Crippen MR) is 60.7 cm³/mol. The SMILES string of the molecule is Nc1ncccc1NCCOCC1CC1. The molecule has 0 bridgehead atoms. The fourth-order valence-corrected chi connectivity index (χ4v) is 1.36. The summed E-state index contributed by atoms with van der Waals surface area (Å²) in [6, 6.07) is 3.78. The average molecular weight is 207 g/mol. The van der Waals surface area contributed by atoms with Crippen molar-refractivity contribution < 1.29 is 4.74 Å². The molecule has 1 saturated carbocycles. The molecular weight excluding hydrogens is 190 g/mol. The van der Waals surface area contributed by atoms with E-state index in [1.165, 1.54) is 12.8 Å². The van der Waals surface area contributed by atoms with Crippen molar-refractivity contribution in [1.82, 2.24) is 4.98 Å². The lowest BCUT2D eigenvalue weighted by atomic mass is 10.4. The second kappa shape index (κ2) is 4.98. The highest BCUT2D eigenvalue weighted by atomic mass is 16.5. The Kier molecular flexibility index (Phi) is 3.40. The molecule has 1 fully saturated rings. The summed E-state index contributed by atoms with van der Waals surface area (Å²) in [4.78, 5) is 3.99. The predicted octanol–water partition coefficient (Wildman–Crippen LogP) is 1.50. The van der Waals surface area contributed by atoms with E-state index in [-0.39, 0.29) is 0 Å². The van der Waals surface area contributed by atoms with Crippen LogP contribution in [0.15, 0.2) is 18.3 Å². The number of rotatable bonds is 6. The largest absolute Gasteiger partial charge is 0.382 e. The molecule has 0 radical (unpaired) electrons. The average Bonchev–Trinajstić information content (AvgIpc) is 3.04. The van der Waals surface area contributed by atoms with E-state index in [1.807, 2.05) is 12.1 Å². The Balaban J connectivity index is 1.62. The summed E-state index contributed by atoms with van der Waals surface area (Å²) in [5, 5.41) is 3.19. The minimum Gasteiger partial charge on any atom is -0.382 e. The van der Waals surface area contributed by atoms with Gasteiger partial charge < -0.3 is 15.8 Å². The highest BCUT2D eigenvalue weighted by Crippen LogP contribution is 2.28. The van der Waals surface area contributed by atoms with Crippen LogP contribution in [0, 0.1) is 5.92 Å². The Morgan fingerprint density at radius 2 is 2.40 bits per heavy atom. The summed E-state index contributed by atoms with van der Waals surface area (Å²) >= 11 is 0. The molecule has 82 valence electrons. The monoisotopic (exact) mass is 207 g/mol. The van der Waals surface area contributed by atoms with Gasteiger partial charge in [-0.05, 0) is 30.9 Å². The van der Waals surface area contributed by atoms with E-state index < -0.39 is 0 Å². The number of aromatic nitrogens is 1. The normalized spacial score (nSPS) is 15.2. The van der Waals surface area contributed by atoms with E-state index in [0.717, 1.165) is 31.4 Å². The van der Waals surface area contributed by atoms with E-state index in [4.69, 9.17) is 10.5 Å². The number of anilines is 2. The summed E-state index contributed by atoms with van der Waals surface area (Å²) < 4.78 is 5.50. The molecule has 1 aliphatic rings. The first kappa shape index (κ1) is 10.2. The minimum atomic E-state index is 0.541. The van der Waals surface area contributed by atoms with Gasteiger partial charge in [-0.25, -0.2) is 4.98 Å². The third kappa shape index (κ3) is 3.40. The zero-order valence-corrected chi connectivity index (χ0v) is 8.78. The molecule has 0 aliphatic heterocycles. The highest BCUT2D eigenvalue weighted by Gasteiger charge is 2.20. The highest BCUT2D eigenvalue weighted by molar-refractivity contribution is 5.60. The lowest BCUT2D eigenvalue weighted by Gasteiger charge is -2.08. The third-order valence-corrected chi connectivity index (χ3v) is 2.45. The second-order valence-corrected chi connectivity index (χ2v) is 3.88. The molecule has 0 unspecified atom stereocenters. The van der Waals surface area contributed by atoms with Crippen molar-refractivity contribution in [3.05, 3.63) is 18.3 Å². The van der Waals surface area contributed by atoms with Gasteiger partial charge in [0.15, 0.2) is 0 Å². The number of nitrogens with zero attached hydrogens (tertiary/aromatic N) is 1. The van der Waals surface area contributed by atoms with Crippen molar-refractivity contribution >= 4 is 11.5 Å². The molecule has 2 rings (SSSR count). The van der Waals surface area contributed by atoms with Gasteiger partial charge in [-0.3, -0.25) is 0 Å². The zero-order valence-electron chi connectivity index (χ0n) is 8.78. The van der Waals surface area contributed by atoms with Crippen molar-refractivity contribution in [2.24, 2.45) is 5.92 Å². The van der Waals surface area contributed by atoms with E-state index in [0.29, 0.717) is 5.82 Å². The maximum atomic E-state index is 5.68. The van der Waals surface area contributed by atoms with E-state index >= 15 is 0 Å². The first-order valence-electron chi connectivity index (χ1n) is 5.38. The molecule has 1 aliphatic carbocycles. The van der Waals surface area contributed by atoms with Crippen molar-refractivity contribution in [2.45, 2.75) is 12.8 Å². The van der Waals surface area contributed by atoms with Gasteiger partial charge in [-0.15, -0.1) is 0 Å². The summed E-state index contributed by atoms with van der Waals surface area (Å²) in [5.41, 5.74) is 6.56. The number of nitrogen functional groups attached to an aromatic ring is 1. The van der Waals surface area contributed by atoms with Crippen LogP contribution in [0.1, 0.15) is 12.8 Å². The fraction of sp³-hybridized carbons (Fsp3) is 0.545. The molecule has 0 aromatic carbocycles. The van der Waals surface area contributed by atoms with Gasteiger partial charge in [-0.1, -0.05) is 0 Å². The van der Waals surface area contributed by atoms with Crippen LogP contribution < -0.4 is 11.1 Å². The maximum absolute atomic E-state index is 5.68. The Morgan fingerprint density at radius 1 is 1.53 bits per heavy atom. The topological polar surface area (TPSA) is 60.2 Å². The van der Waals surface area contributed by atoms with Crippen LogP contribution in [0.4, 0.5) is 11.5 Å². The van der Waals surface area contributed by atoms with E-state index in [2.05, 4.69) is 10.3 Å². The smallest absolute Gasteiger partial charge is 0.146 e. The summed E-state index contributed by atoms with van der Waals surface area (Å²) in [6.45, 7) is 2.41. The van der Waals surface area contributed by atoms with Gasteiger partial charge >= 0.3 is 0 Å². The second-order valence-electron chi connectivity index (χ2n) is 3.88. The molecule has 0 amide bonds. The Hall–Kier alpha value is -1.29. The maximum Gasteiger partial charge on any atom is 0.146 e. The first-order chi connectivity index (χ1) is 7.36. The number of nitrogens with one attached hydrogen (secondary N) is 1. The van der Waals surface area contributed by atoms with Crippen LogP contribution in [0.25, 0.3) is 0 Å². The van der Waals surface area contributed by atoms with Crippen LogP contribution in [0.2, 0.25) is 0 Å². The summed E-state index contributed by atoms with van der Waals surface area (Å²) in [7, 11) is 0. The Bertz CT molecular complexity index is 312. The van der Waals surface area contributed by atoms with Gasteiger partial charge in [0, 0.05) is 19.3 Å². The van der Waals surface area contributed by atoms with Crippen molar-refractivity contribution in [3.8, 4) is 0 Å². The molecule has 1 heterocycles. The van der Waals surface area contributed by atoms with E-state index in [1.54, 1.807) is 6.20 Å². The molecule has 0 saturated heterocycles. The lowest BCUT2D eigenvalue weighted by molar-refractivity contribution is 0.134. The number of nitrogens with two attached hydrogens (primary N) is 1. The van der Waals surface area contributed by atoms with Gasteiger partial charge in [-0.2, -0.15) is 0 Å². The molecule has 15 heavy (non-hydrogen) atoms. The van der Waals surface area contributed by atoms with Crippen molar-refractivity contribution in [3.63, 3.8) is 0 Å². The molecule has 4 heteroatoms. The first-order valence-corrected chi connectivity index (χ1v) is 5.38. The molecule has 1 aromatic heterocycles. The van der Waals surface area contributed by atoms with Gasteiger partial charge in [0.05, 0.1) is 12.3 Å². The summed E-state index contributed by atoms with van der Waals surface area (Å²) in [5.74, 6) is 1.37. The Morgan fingerprint density at radius 3 is 3.13 bits per heavy atom. The van der Waals surface area contributed by atoms with E-state index in [9.17, 15) is 0 Å². The number of hydrogen-bond acceptors (Lipinski definition) is 4.